The Hall–Kier alpha value is -3.24. The van der Waals surface area contributed by atoms with E-state index in [1.165, 1.54) is 12.1 Å². The molecule has 0 unspecified atom stereocenters. The van der Waals surface area contributed by atoms with Gasteiger partial charge in [-0.2, -0.15) is 0 Å². The van der Waals surface area contributed by atoms with Gasteiger partial charge in [-0.1, -0.05) is 18.2 Å². The van der Waals surface area contributed by atoms with E-state index in [0.29, 0.717) is 43.0 Å². The van der Waals surface area contributed by atoms with Gasteiger partial charge in [-0.25, -0.2) is 14.0 Å². The smallest absolute Gasteiger partial charge is 0.410 e. The van der Waals surface area contributed by atoms with Gasteiger partial charge in [0.15, 0.2) is 11.5 Å². The molecule has 3 rings (SSSR count). The van der Waals surface area contributed by atoms with Gasteiger partial charge in [-0.05, 0) is 69.5 Å². The van der Waals surface area contributed by atoms with E-state index in [2.05, 4.69) is 9.74 Å². The molecule has 1 atom stereocenters. The molecule has 2 aromatic rings. The van der Waals surface area contributed by atoms with Crippen LogP contribution in [0.5, 0.6) is 0 Å². The highest BCUT2D eigenvalue weighted by Crippen LogP contribution is 2.23. The fraction of sp³-hybridized carbons (Fsp3) is 0.444. The number of ether oxygens (including phenoxy) is 1. The Balaban J connectivity index is 1.70. The van der Waals surface area contributed by atoms with Gasteiger partial charge < -0.3 is 9.64 Å². The number of Topliss-reactive ketones (excluding diaryl/α,β-unsaturated/α-hetero) is 1. The highest BCUT2D eigenvalue weighted by molar-refractivity contribution is 5.98. The van der Waals surface area contributed by atoms with Crippen molar-refractivity contribution in [1.82, 2.24) is 9.80 Å². The van der Waals surface area contributed by atoms with Crippen LogP contribution in [0.3, 0.4) is 0 Å². The van der Waals surface area contributed by atoms with Crippen LogP contribution < -0.4 is 0 Å². The van der Waals surface area contributed by atoms with Crippen LogP contribution in [-0.2, 0) is 17.7 Å². The van der Waals surface area contributed by atoms with Crippen LogP contribution in [0.4, 0.5) is 14.9 Å². The molecule has 2 aromatic carbocycles. The van der Waals surface area contributed by atoms with E-state index in [0.717, 1.165) is 11.1 Å². The minimum absolute atomic E-state index is 0.0340. The molecule has 1 heterocycles. The first-order chi connectivity index (χ1) is 16.0. The maximum atomic E-state index is 14.5. The molecule has 1 fully saturated rings. The number of rotatable bonds is 5. The summed E-state index contributed by atoms with van der Waals surface area (Å²) in [6.45, 7) is 18.9. The van der Waals surface area contributed by atoms with Crippen molar-refractivity contribution in [3.63, 3.8) is 0 Å². The van der Waals surface area contributed by atoms with Crippen molar-refractivity contribution in [2.75, 3.05) is 19.6 Å². The zero-order chi connectivity index (χ0) is 25.0. The molecule has 0 bridgehead atoms. The summed E-state index contributed by atoms with van der Waals surface area (Å²) in [5.41, 5.74) is 2.67. The van der Waals surface area contributed by atoms with E-state index in [4.69, 9.17) is 11.3 Å². The summed E-state index contributed by atoms with van der Waals surface area (Å²) in [5, 5.41) is 0. The molecule has 1 amide bonds. The average molecular weight is 466 g/mol. The van der Waals surface area contributed by atoms with Crippen LogP contribution in [0, 0.1) is 19.3 Å². The number of nitrogens with zero attached hydrogens (tertiary/aromatic N) is 3. The highest BCUT2D eigenvalue weighted by Gasteiger charge is 2.31. The minimum Gasteiger partial charge on any atom is -0.444 e. The van der Waals surface area contributed by atoms with E-state index < -0.39 is 5.60 Å². The lowest BCUT2D eigenvalue weighted by Gasteiger charge is -2.40. The molecule has 0 N–H and O–H groups in total. The molecule has 34 heavy (non-hydrogen) atoms. The van der Waals surface area contributed by atoms with Crippen molar-refractivity contribution in [1.29, 1.82) is 0 Å². The van der Waals surface area contributed by atoms with Crippen LogP contribution in [0.25, 0.3) is 4.85 Å². The monoisotopic (exact) mass is 465 g/mol. The van der Waals surface area contributed by atoms with Crippen LogP contribution in [0.15, 0.2) is 36.4 Å². The van der Waals surface area contributed by atoms with Crippen molar-refractivity contribution in [2.45, 2.75) is 59.2 Å². The standard InChI is InChI=1S/C27H32FN3O3/c1-18-16-30(10-11-31(18)26(33)34-27(3,4)5)17-22-13-23(28)12-21(19(22)2)15-25(32)20-8-7-9-24(14-20)29-6/h7-9,12-14,18H,10-11,15-17H2,1-5H3/t18-/m0/s1. The number of halogens is 1. The van der Waals surface area contributed by atoms with Crippen LogP contribution in [0.2, 0.25) is 0 Å². The molecule has 0 aliphatic carbocycles. The summed E-state index contributed by atoms with van der Waals surface area (Å²) in [6, 6.07) is 9.48. The lowest BCUT2D eigenvalue weighted by molar-refractivity contribution is 0.000527. The molecule has 180 valence electrons. The lowest BCUT2D eigenvalue weighted by atomic mass is 9.95. The second kappa shape index (κ2) is 10.4. The van der Waals surface area contributed by atoms with Crippen molar-refractivity contribution in [3.8, 4) is 0 Å². The van der Waals surface area contributed by atoms with Crippen molar-refractivity contribution in [3.05, 3.63) is 75.9 Å². The first-order valence-corrected chi connectivity index (χ1v) is 11.5. The number of ketones is 1. The van der Waals surface area contributed by atoms with E-state index in [1.807, 2.05) is 34.6 Å². The van der Waals surface area contributed by atoms with Gasteiger partial charge in [-0.15, -0.1) is 0 Å². The second-order valence-corrected chi connectivity index (χ2v) is 9.87. The van der Waals surface area contributed by atoms with Gasteiger partial charge >= 0.3 is 6.09 Å². The molecular formula is C27H32FN3O3. The van der Waals surface area contributed by atoms with Gasteiger partial charge in [0.05, 0.1) is 6.57 Å². The summed E-state index contributed by atoms with van der Waals surface area (Å²) in [4.78, 5) is 32.6. The van der Waals surface area contributed by atoms with Gasteiger partial charge in [0.25, 0.3) is 0 Å². The first kappa shape index (κ1) is 25.4. The zero-order valence-electron chi connectivity index (χ0n) is 20.5. The maximum Gasteiger partial charge on any atom is 0.410 e. The number of amides is 1. The van der Waals surface area contributed by atoms with Gasteiger partial charge in [0.1, 0.15) is 11.4 Å². The number of hydrogen-bond acceptors (Lipinski definition) is 4. The quantitative estimate of drug-likeness (QED) is 0.429. The molecular weight excluding hydrogens is 433 g/mol. The lowest BCUT2D eigenvalue weighted by Crippen LogP contribution is -2.54. The highest BCUT2D eigenvalue weighted by atomic mass is 19.1. The van der Waals surface area contributed by atoms with Gasteiger partial charge in [0.2, 0.25) is 0 Å². The molecule has 1 aliphatic rings. The topological polar surface area (TPSA) is 54.2 Å². The molecule has 6 nitrogen and oxygen atoms in total. The summed E-state index contributed by atoms with van der Waals surface area (Å²) >= 11 is 0. The van der Waals surface area contributed by atoms with Crippen LogP contribution in [0.1, 0.15) is 54.7 Å². The molecule has 1 saturated heterocycles. The van der Waals surface area contributed by atoms with E-state index in [1.54, 1.807) is 29.2 Å². The third kappa shape index (κ3) is 6.42. The van der Waals surface area contributed by atoms with Crippen LogP contribution >= 0.6 is 0 Å². The number of carbonyl (C=O) groups is 2. The van der Waals surface area contributed by atoms with Crippen molar-refractivity contribution in [2.24, 2.45) is 0 Å². The molecule has 0 saturated carbocycles. The Morgan fingerprint density at radius 3 is 2.53 bits per heavy atom. The number of benzene rings is 2. The summed E-state index contributed by atoms with van der Waals surface area (Å²) in [6.07, 6.45) is -0.245. The van der Waals surface area contributed by atoms with Crippen molar-refractivity contribution < 1.29 is 18.7 Å². The van der Waals surface area contributed by atoms with E-state index >= 15 is 0 Å². The minimum atomic E-state index is -0.544. The normalized spacial score (nSPS) is 16.7. The SMILES string of the molecule is [C-]#[N+]c1cccc(C(=O)Cc2cc(F)cc(CN3CCN(C(=O)OC(C)(C)C)[C@@H](C)C3)c2C)c1. The summed E-state index contributed by atoms with van der Waals surface area (Å²) in [5.74, 6) is -0.525. The molecule has 1 aliphatic heterocycles. The van der Waals surface area contributed by atoms with E-state index in [-0.39, 0.29) is 30.2 Å². The Kier molecular flexibility index (Phi) is 7.73. The van der Waals surface area contributed by atoms with Gasteiger partial charge in [-0.3, -0.25) is 9.69 Å². The molecule has 0 radical (unpaired) electrons. The largest absolute Gasteiger partial charge is 0.444 e. The first-order valence-electron chi connectivity index (χ1n) is 11.5. The number of piperazine rings is 1. The fourth-order valence-electron chi connectivity index (χ4n) is 4.18. The van der Waals surface area contributed by atoms with Crippen molar-refractivity contribution >= 4 is 17.6 Å². The second-order valence-electron chi connectivity index (χ2n) is 9.87. The number of hydrogen-bond donors (Lipinski definition) is 0. The Morgan fingerprint density at radius 1 is 1.18 bits per heavy atom. The Morgan fingerprint density at radius 2 is 1.88 bits per heavy atom. The molecule has 0 spiro atoms. The third-order valence-corrected chi connectivity index (χ3v) is 5.97. The summed E-state index contributed by atoms with van der Waals surface area (Å²) in [7, 11) is 0. The predicted molar refractivity (Wildman–Crippen MR) is 130 cm³/mol. The molecule has 7 heteroatoms. The zero-order valence-corrected chi connectivity index (χ0v) is 20.5. The van der Waals surface area contributed by atoms with Crippen LogP contribution in [-0.4, -0.2) is 53.0 Å². The Bertz CT molecular complexity index is 1120. The summed E-state index contributed by atoms with van der Waals surface area (Å²) < 4.78 is 20.0. The maximum absolute atomic E-state index is 14.5. The fourth-order valence-corrected chi connectivity index (χ4v) is 4.18. The Labute approximate surface area is 201 Å². The number of carbonyl (C=O) groups excluding carboxylic acids is 2. The molecule has 0 aromatic heterocycles. The average Bonchev–Trinajstić information content (AvgIpc) is 2.75. The third-order valence-electron chi connectivity index (χ3n) is 5.97. The predicted octanol–water partition coefficient (Wildman–Crippen LogP) is 5.55. The van der Waals surface area contributed by atoms with E-state index in [9.17, 15) is 14.0 Å². The van der Waals surface area contributed by atoms with Gasteiger partial charge in [0, 0.05) is 44.2 Å².